The van der Waals surface area contributed by atoms with Gasteiger partial charge < -0.3 is 4.90 Å². The number of nitrogens with zero attached hydrogens (tertiary/aromatic N) is 1. The maximum Gasteiger partial charge on any atom is -0.00187 e. The Morgan fingerprint density at radius 2 is 1.31 bits per heavy atom. The number of unbranched alkanes of at least 4 members (excludes halogenated alkanes) is 3. The van der Waals surface area contributed by atoms with Crippen molar-refractivity contribution in [2.45, 2.75) is 79.6 Å². The first-order valence-corrected chi connectivity index (χ1v) is 7.66. The zero-order valence-electron chi connectivity index (χ0n) is 12.5. The van der Waals surface area contributed by atoms with E-state index in [4.69, 9.17) is 0 Å². The number of rotatable bonds is 5. The van der Waals surface area contributed by atoms with Crippen molar-refractivity contribution in [2.24, 2.45) is 0 Å². The molecule has 1 heteroatoms. The third kappa shape index (κ3) is 12.0. The highest BCUT2D eigenvalue weighted by molar-refractivity contribution is 4.63. The smallest absolute Gasteiger partial charge is 0.00187 e. The molecule has 0 aromatic heterocycles. The maximum atomic E-state index is 2.64. The minimum atomic E-state index is 1.36. The molecule has 0 aromatic rings. The maximum absolute atomic E-state index is 2.64. The summed E-state index contributed by atoms with van der Waals surface area (Å²) in [5.74, 6) is 0. The first-order chi connectivity index (χ1) is 7.93. The second-order valence-corrected chi connectivity index (χ2v) is 3.96. The Morgan fingerprint density at radius 3 is 1.81 bits per heavy atom. The Bertz CT molecular complexity index is 95.6. The van der Waals surface area contributed by atoms with Gasteiger partial charge in [-0.05, 0) is 38.9 Å². The Morgan fingerprint density at radius 1 is 0.750 bits per heavy atom. The van der Waals surface area contributed by atoms with Crippen LogP contribution < -0.4 is 0 Å². The van der Waals surface area contributed by atoms with Gasteiger partial charge in [0, 0.05) is 0 Å². The summed E-state index contributed by atoms with van der Waals surface area (Å²) in [6.45, 7) is 14.4. The monoisotopic (exact) mass is 229 g/mol. The van der Waals surface area contributed by atoms with Crippen LogP contribution in [0.25, 0.3) is 0 Å². The molecule has 0 spiro atoms. The van der Waals surface area contributed by atoms with Crippen LogP contribution in [0.2, 0.25) is 0 Å². The van der Waals surface area contributed by atoms with E-state index in [0.29, 0.717) is 0 Å². The van der Waals surface area contributed by atoms with E-state index in [1.807, 2.05) is 27.7 Å². The molecule has 0 aliphatic carbocycles. The third-order valence-corrected chi connectivity index (χ3v) is 2.78. The van der Waals surface area contributed by atoms with Crippen molar-refractivity contribution in [2.75, 3.05) is 19.6 Å². The molecule has 100 valence electrons. The van der Waals surface area contributed by atoms with Crippen molar-refractivity contribution < 1.29 is 0 Å². The average molecular weight is 229 g/mol. The molecule has 1 aliphatic rings. The molecule has 0 radical (unpaired) electrons. The van der Waals surface area contributed by atoms with Gasteiger partial charge in [-0.2, -0.15) is 0 Å². The van der Waals surface area contributed by atoms with Gasteiger partial charge in [0.25, 0.3) is 0 Å². The van der Waals surface area contributed by atoms with E-state index in [0.717, 1.165) is 0 Å². The lowest BCUT2D eigenvalue weighted by Gasteiger charge is -2.26. The van der Waals surface area contributed by atoms with Gasteiger partial charge in [-0.15, -0.1) is 0 Å². The minimum absolute atomic E-state index is 1.36. The summed E-state index contributed by atoms with van der Waals surface area (Å²) in [6.07, 6.45) is 9.99. The molecular weight excluding hydrogens is 194 g/mol. The third-order valence-electron chi connectivity index (χ3n) is 2.78. The minimum Gasteiger partial charge on any atom is -0.303 e. The lowest BCUT2D eigenvalue weighted by Crippen LogP contribution is -2.30. The highest BCUT2D eigenvalue weighted by Gasteiger charge is 2.08. The van der Waals surface area contributed by atoms with Crippen molar-refractivity contribution in [1.29, 1.82) is 0 Å². The van der Waals surface area contributed by atoms with Crippen LogP contribution in [-0.2, 0) is 0 Å². The summed E-state index contributed by atoms with van der Waals surface area (Å²) >= 11 is 0. The predicted molar refractivity (Wildman–Crippen MR) is 77.1 cm³/mol. The van der Waals surface area contributed by atoms with Crippen LogP contribution in [0, 0.1) is 0 Å². The van der Waals surface area contributed by atoms with Crippen LogP contribution in [0.4, 0.5) is 0 Å². The van der Waals surface area contributed by atoms with Gasteiger partial charge in [-0.3, -0.25) is 0 Å². The summed E-state index contributed by atoms with van der Waals surface area (Å²) in [7, 11) is 0. The standard InChI is InChI=1S/C11H23N.2C2H6/c1-2-3-4-6-9-12-10-7-5-8-11-12;2*1-2/h2-11H2,1H3;2*1-2H3. The number of hydrogen-bond donors (Lipinski definition) is 0. The van der Waals surface area contributed by atoms with Crippen molar-refractivity contribution in [3.8, 4) is 0 Å². The van der Waals surface area contributed by atoms with Crippen LogP contribution in [-0.4, -0.2) is 24.5 Å². The lowest BCUT2D eigenvalue weighted by molar-refractivity contribution is 0.224. The van der Waals surface area contributed by atoms with Gasteiger partial charge in [0.05, 0.1) is 0 Å². The van der Waals surface area contributed by atoms with E-state index in [2.05, 4.69) is 11.8 Å². The van der Waals surface area contributed by atoms with Crippen LogP contribution in [0.15, 0.2) is 0 Å². The Balaban J connectivity index is 0. The van der Waals surface area contributed by atoms with Gasteiger partial charge in [0.15, 0.2) is 0 Å². The molecule has 0 amide bonds. The lowest BCUT2D eigenvalue weighted by atomic mass is 10.1. The molecular formula is C15H35N. The van der Waals surface area contributed by atoms with E-state index in [1.54, 1.807) is 0 Å². The van der Waals surface area contributed by atoms with Crippen molar-refractivity contribution in [1.82, 2.24) is 4.90 Å². The number of piperidine rings is 1. The van der Waals surface area contributed by atoms with E-state index >= 15 is 0 Å². The molecule has 0 atom stereocenters. The van der Waals surface area contributed by atoms with Crippen LogP contribution >= 0.6 is 0 Å². The van der Waals surface area contributed by atoms with Crippen molar-refractivity contribution in [3.05, 3.63) is 0 Å². The fourth-order valence-corrected chi connectivity index (χ4v) is 1.95. The van der Waals surface area contributed by atoms with E-state index in [-0.39, 0.29) is 0 Å². The molecule has 0 bridgehead atoms. The normalized spacial score (nSPS) is 15.6. The summed E-state index contributed by atoms with van der Waals surface area (Å²) in [5.41, 5.74) is 0. The number of likely N-dealkylation sites (tertiary alicyclic amines) is 1. The Labute approximate surface area is 105 Å². The van der Waals surface area contributed by atoms with E-state index in [9.17, 15) is 0 Å². The van der Waals surface area contributed by atoms with Crippen molar-refractivity contribution in [3.63, 3.8) is 0 Å². The molecule has 1 heterocycles. The fourth-order valence-electron chi connectivity index (χ4n) is 1.95. The van der Waals surface area contributed by atoms with Gasteiger partial charge in [0.1, 0.15) is 0 Å². The first-order valence-electron chi connectivity index (χ1n) is 7.66. The summed E-state index contributed by atoms with van der Waals surface area (Å²) in [4.78, 5) is 2.64. The number of hydrogen-bond acceptors (Lipinski definition) is 1. The molecule has 1 nitrogen and oxygen atoms in total. The topological polar surface area (TPSA) is 3.24 Å². The van der Waals surface area contributed by atoms with Gasteiger partial charge in [-0.25, -0.2) is 0 Å². The van der Waals surface area contributed by atoms with E-state index in [1.165, 1.54) is 64.6 Å². The molecule has 1 rings (SSSR count). The predicted octanol–water partition coefficient (Wildman–Crippen LogP) is 5.11. The molecule has 1 aliphatic heterocycles. The highest BCUT2D eigenvalue weighted by atomic mass is 15.1. The summed E-state index contributed by atoms with van der Waals surface area (Å²) in [6, 6.07) is 0. The van der Waals surface area contributed by atoms with Gasteiger partial charge >= 0.3 is 0 Å². The second-order valence-electron chi connectivity index (χ2n) is 3.96. The molecule has 0 unspecified atom stereocenters. The van der Waals surface area contributed by atoms with Gasteiger partial charge in [0.2, 0.25) is 0 Å². The van der Waals surface area contributed by atoms with Crippen LogP contribution in [0.3, 0.4) is 0 Å². The van der Waals surface area contributed by atoms with Crippen LogP contribution in [0.1, 0.15) is 79.6 Å². The van der Waals surface area contributed by atoms with Crippen molar-refractivity contribution >= 4 is 0 Å². The average Bonchev–Trinajstić information content (AvgIpc) is 2.41. The largest absolute Gasteiger partial charge is 0.303 e. The van der Waals surface area contributed by atoms with E-state index < -0.39 is 0 Å². The highest BCUT2D eigenvalue weighted by Crippen LogP contribution is 2.10. The molecule has 0 N–H and O–H groups in total. The quantitative estimate of drug-likeness (QED) is 0.592. The van der Waals surface area contributed by atoms with Gasteiger partial charge in [-0.1, -0.05) is 60.3 Å². The van der Waals surface area contributed by atoms with Crippen LogP contribution in [0.5, 0.6) is 0 Å². The molecule has 1 saturated heterocycles. The summed E-state index contributed by atoms with van der Waals surface area (Å²) in [5, 5.41) is 0. The fraction of sp³-hybridized carbons (Fsp3) is 1.00. The molecule has 1 fully saturated rings. The zero-order valence-corrected chi connectivity index (χ0v) is 12.5. The zero-order chi connectivity index (χ0) is 12.6. The first kappa shape index (κ1) is 18.3. The Hall–Kier alpha value is -0.0400. The Kier molecular flexibility index (Phi) is 19.9. The molecule has 16 heavy (non-hydrogen) atoms. The SMILES string of the molecule is CC.CC.CCCCCCN1CCCCC1. The second kappa shape index (κ2) is 17.4. The molecule has 0 saturated carbocycles. The summed E-state index contributed by atoms with van der Waals surface area (Å²) < 4.78 is 0. The molecule has 0 aromatic carbocycles.